The molecule has 1 aromatic heterocycles. The van der Waals surface area contributed by atoms with E-state index in [2.05, 4.69) is 0 Å². The zero-order valence-corrected chi connectivity index (χ0v) is 13.3. The Balaban J connectivity index is 1.67. The van der Waals surface area contributed by atoms with Gasteiger partial charge in [0.1, 0.15) is 17.9 Å². The number of methoxy groups -OCH3 is 1. The summed E-state index contributed by atoms with van der Waals surface area (Å²) < 4.78 is 15.9. The minimum atomic E-state index is -0.330. The number of benzene rings is 2. The van der Waals surface area contributed by atoms with Crippen molar-refractivity contribution in [3.05, 3.63) is 64.9 Å². The highest BCUT2D eigenvalue weighted by molar-refractivity contribution is 6.31. The molecule has 0 fully saturated rings. The van der Waals surface area contributed by atoms with Crippen molar-refractivity contribution in [2.24, 2.45) is 0 Å². The highest BCUT2D eigenvalue weighted by Gasteiger charge is 2.12. The molecule has 0 unspecified atom stereocenters. The number of carbonyl (C=O) groups is 1. The Hall–Kier alpha value is -2.46. The number of rotatable bonds is 5. The molecular formula is C18H15ClO4. The third kappa shape index (κ3) is 3.48. The van der Waals surface area contributed by atoms with Gasteiger partial charge >= 0.3 is 5.97 Å². The molecule has 118 valence electrons. The summed E-state index contributed by atoms with van der Waals surface area (Å²) in [5.41, 5.74) is 2.24. The van der Waals surface area contributed by atoms with Gasteiger partial charge in [-0.05, 0) is 18.2 Å². The van der Waals surface area contributed by atoms with Crippen molar-refractivity contribution in [2.45, 2.75) is 13.0 Å². The van der Waals surface area contributed by atoms with Crippen LogP contribution in [-0.4, -0.2) is 13.1 Å². The zero-order valence-electron chi connectivity index (χ0n) is 12.5. The van der Waals surface area contributed by atoms with Gasteiger partial charge in [0.15, 0.2) is 0 Å². The predicted molar refractivity (Wildman–Crippen MR) is 87.7 cm³/mol. The van der Waals surface area contributed by atoms with Crippen LogP contribution < -0.4 is 4.74 Å². The molecule has 0 N–H and O–H groups in total. The Morgan fingerprint density at radius 2 is 2.00 bits per heavy atom. The molecule has 0 aliphatic carbocycles. The maximum atomic E-state index is 12.0. The minimum absolute atomic E-state index is 0.143. The fraction of sp³-hybridized carbons (Fsp3) is 0.167. The molecular weight excluding hydrogens is 316 g/mol. The van der Waals surface area contributed by atoms with Crippen LogP contribution >= 0.6 is 11.6 Å². The molecule has 0 aliphatic heterocycles. The van der Waals surface area contributed by atoms with E-state index < -0.39 is 0 Å². The van der Waals surface area contributed by atoms with Crippen LogP contribution in [0, 0.1) is 0 Å². The summed E-state index contributed by atoms with van der Waals surface area (Å²) >= 11 is 6.04. The van der Waals surface area contributed by atoms with Crippen LogP contribution in [0.1, 0.15) is 11.1 Å². The van der Waals surface area contributed by atoms with Gasteiger partial charge in [-0.15, -0.1) is 0 Å². The van der Waals surface area contributed by atoms with E-state index in [4.69, 9.17) is 25.5 Å². The highest BCUT2D eigenvalue weighted by atomic mass is 35.5. The van der Waals surface area contributed by atoms with Gasteiger partial charge in [-0.1, -0.05) is 29.8 Å². The third-order valence-corrected chi connectivity index (χ3v) is 3.91. The van der Waals surface area contributed by atoms with Crippen LogP contribution in [-0.2, 0) is 22.6 Å². The van der Waals surface area contributed by atoms with Crippen molar-refractivity contribution < 1.29 is 18.7 Å². The quantitative estimate of drug-likeness (QED) is 0.651. The lowest BCUT2D eigenvalue weighted by molar-refractivity contribution is -0.144. The monoisotopic (exact) mass is 330 g/mol. The van der Waals surface area contributed by atoms with Gasteiger partial charge in [0, 0.05) is 27.6 Å². The van der Waals surface area contributed by atoms with E-state index in [1.807, 2.05) is 30.3 Å². The number of furan rings is 1. The van der Waals surface area contributed by atoms with Gasteiger partial charge in [0.05, 0.1) is 19.8 Å². The topological polar surface area (TPSA) is 48.7 Å². The Morgan fingerprint density at radius 3 is 2.78 bits per heavy atom. The Labute approximate surface area is 138 Å². The predicted octanol–water partition coefficient (Wildman–Crippen LogP) is 4.38. The lowest BCUT2D eigenvalue weighted by atomic mass is 10.1. The summed E-state index contributed by atoms with van der Waals surface area (Å²) in [5, 5.41) is 1.46. The number of hydrogen-bond acceptors (Lipinski definition) is 4. The molecule has 0 amide bonds. The van der Waals surface area contributed by atoms with E-state index in [0.29, 0.717) is 16.4 Å². The molecule has 3 rings (SSSR count). The average molecular weight is 331 g/mol. The van der Waals surface area contributed by atoms with Crippen molar-refractivity contribution in [3.63, 3.8) is 0 Å². The van der Waals surface area contributed by atoms with Crippen molar-refractivity contribution in [1.82, 2.24) is 0 Å². The maximum absolute atomic E-state index is 12.0. The van der Waals surface area contributed by atoms with Crippen molar-refractivity contribution in [2.75, 3.05) is 7.11 Å². The number of halogens is 1. The number of ether oxygens (including phenoxy) is 2. The molecule has 4 nitrogen and oxygen atoms in total. The molecule has 0 atom stereocenters. The smallest absolute Gasteiger partial charge is 0.310 e. The summed E-state index contributed by atoms with van der Waals surface area (Å²) in [7, 11) is 1.59. The summed E-state index contributed by atoms with van der Waals surface area (Å²) in [6, 6.07) is 12.8. The number of carbonyl (C=O) groups excluding carboxylic acids is 1. The molecule has 3 aromatic rings. The number of fused-ring (bicyclic) bond motifs is 1. The maximum Gasteiger partial charge on any atom is 0.310 e. The van der Waals surface area contributed by atoms with E-state index in [9.17, 15) is 4.79 Å². The first-order chi connectivity index (χ1) is 11.2. The largest absolute Gasteiger partial charge is 0.497 e. The van der Waals surface area contributed by atoms with Gasteiger partial charge in [0.2, 0.25) is 0 Å². The average Bonchev–Trinajstić information content (AvgIpc) is 2.96. The summed E-state index contributed by atoms with van der Waals surface area (Å²) in [5.74, 6) is 0.378. The van der Waals surface area contributed by atoms with Gasteiger partial charge in [-0.3, -0.25) is 4.79 Å². The highest BCUT2D eigenvalue weighted by Crippen LogP contribution is 2.26. The second-order valence-electron chi connectivity index (χ2n) is 5.05. The molecule has 0 spiro atoms. The number of esters is 1. The summed E-state index contributed by atoms with van der Waals surface area (Å²) in [6.45, 7) is 0.155. The van der Waals surface area contributed by atoms with Crippen LogP contribution in [0.5, 0.6) is 5.75 Å². The fourth-order valence-corrected chi connectivity index (χ4v) is 2.50. The standard InChI is InChI=1S/C18H15ClO4/c1-21-14-6-7-15-13(11-22-17(15)9-14)8-18(20)23-10-12-4-2-3-5-16(12)19/h2-7,9,11H,8,10H2,1H3. The van der Waals surface area contributed by atoms with E-state index in [0.717, 1.165) is 16.5 Å². The van der Waals surface area contributed by atoms with Gasteiger partial charge < -0.3 is 13.9 Å². The van der Waals surface area contributed by atoms with Gasteiger partial charge in [0.25, 0.3) is 0 Å². The van der Waals surface area contributed by atoms with Crippen LogP contribution in [0.25, 0.3) is 11.0 Å². The second kappa shape index (κ2) is 6.75. The Bertz CT molecular complexity index is 838. The molecule has 0 saturated carbocycles. The van der Waals surface area contributed by atoms with Crippen molar-refractivity contribution in [3.8, 4) is 5.75 Å². The molecule has 2 aromatic carbocycles. The first-order valence-corrected chi connectivity index (χ1v) is 7.48. The first-order valence-electron chi connectivity index (χ1n) is 7.10. The molecule has 0 saturated heterocycles. The van der Waals surface area contributed by atoms with E-state index in [1.165, 1.54) is 0 Å². The molecule has 23 heavy (non-hydrogen) atoms. The lowest BCUT2D eigenvalue weighted by Crippen LogP contribution is -2.07. The van der Waals surface area contributed by atoms with Gasteiger partial charge in [-0.2, -0.15) is 0 Å². The zero-order chi connectivity index (χ0) is 16.2. The van der Waals surface area contributed by atoms with Crippen LogP contribution in [0.4, 0.5) is 0 Å². The number of hydrogen-bond donors (Lipinski definition) is 0. The van der Waals surface area contributed by atoms with Gasteiger partial charge in [-0.25, -0.2) is 0 Å². The molecule has 1 heterocycles. The summed E-state index contributed by atoms with van der Waals surface area (Å²) in [6.07, 6.45) is 1.71. The normalized spacial score (nSPS) is 10.7. The van der Waals surface area contributed by atoms with Crippen molar-refractivity contribution >= 4 is 28.5 Å². The van der Waals surface area contributed by atoms with E-state index in [-0.39, 0.29) is 19.0 Å². The van der Waals surface area contributed by atoms with Crippen LogP contribution in [0.15, 0.2) is 53.1 Å². The SMILES string of the molecule is COc1ccc2c(CC(=O)OCc3ccccc3Cl)coc2c1. The minimum Gasteiger partial charge on any atom is -0.497 e. The molecule has 0 bridgehead atoms. The third-order valence-electron chi connectivity index (χ3n) is 3.54. The van der Waals surface area contributed by atoms with Crippen LogP contribution in [0.2, 0.25) is 5.02 Å². The second-order valence-corrected chi connectivity index (χ2v) is 5.46. The summed E-state index contributed by atoms with van der Waals surface area (Å²) in [4.78, 5) is 12.0. The molecule has 5 heteroatoms. The van der Waals surface area contributed by atoms with E-state index >= 15 is 0 Å². The van der Waals surface area contributed by atoms with Crippen LogP contribution in [0.3, 0.4) is 0 Å². The van der Waals surface area contributed by atoms with E-state index in [1.54, 1.807) is 25.5 Å². The molecule has 0 aliphatic rings. The fourth-order valence-electron chi connectivity index (χ4n) is 2.31. The lowest BCUT2D eigenvalue weighted by Gasteiger charge is -2.06. The Kier molecular flexibility index (Phi) is 4.53. The molecule has 0 radical (unpaired) electrons. The van der Waals surface area contributed by atoms with Crippen molar-refractivity contribution in [1.29, 1.82) is 0 Å². The Morgan fingerprint density at radius 1 is 1.17 bits per heavy atom. The first kappa shape index (κ1) is 15.4.